The largest absolute Gasteiger partial charge is 0.493 e. The van der Waals surface area contributed by atoms with Gasteiger partial charge < -0.3 is 23.7 Å². The normalized spacial score (nSPS) is 12.4. The van der Waals surface area contributed by atoms with E-state index in [4.69, 9.17) is 30.0 Å². The Kier molecular flexibility index (Phi) is 8.95. The number of fused-ring (bicyclic) bond motifs is 1. The number of benzene rings is 4. The predicted molar refractivity (Wildman–Crippen MR) is 162 cm³/mol. The molecule has 0 atom stereocenters. The van der Waals surface area contributed by atoms with Crippen molar-refractivity contribution < 1.29 is 29.8 Å². The third-order valence-electron chi connectivity index (χ3n) is 7.10. The molecule has 0 N–H and O–H groups in total. The second-order valence-corrected chi connectivity index (χ2v) is 9.92. The third kappa shape index (κ3) is 6.92. The van der Waals surface area contributed by atoms with Crippen molar-refractivity contribution in [3.8, 4) is 23.0 Å². The van der Waals surface area contributed by atoms with Gasteiger partial charge in [0, 0.05) is 36.7 Å². The van der Waals surface area contributed by atoms with Crippen molar-refractivity contribution in [3.05, 3.63) is 118 Å². The van der Waals surface area contributed by atoms with Crippen molar-refractivity contribution in [2.75, 3.05) is 20.7 Å². The fourth-order valence-electron chi connectivity index (χ4n) is 4.96. The van der Waals surface area contributed by atoms with Gasteiger partial charge in [-0.05, 0) is 46.9 Å². The lowest BCUT2D eigenvalue weighted by atomic mass is 9.91. The van der Waals surface area contributed by atoms with E-state index in [1.54, 1.807) is 7.11 Å². The predicted octanol–water partition coefficient (Wildman–Crippen LogP) is 6.51. The summed E-state index contributed by atoms with van der Waals surface area (Å²) in [6, 6.07) is 27.5. The zero-order valence-corrected chi connectivity index (χ0v) is 23.9. The number of nitrogens with zero attached hydrogens (tertiary/aromatic N) is 1. The molecule has 7 nitrogen and oxygen atoms in total. The number of ether oxygens (including phenoxy) is 5. The molecule has 1 aliphatic rings. The highest BCUT2D eigenvalue weighted by Gasteiger charge is 2.23. The van der Waals surface area contributed by atoms with Crippen LogP contribution in [0.4, 0.5) is 0 Å². The topological polar surface area (TPSA) is 75.6 Å². The maximum Gasteiger partial charge on any atom is 0.302 e. The van der Waals surface area contributed by atoms with Crippen molar-refractivity contribution in [2.45, 2.75) is 39.6 Å². The molecule has 0 aliphatic carbocycles. The van der Waals surface area contributed by atoms with Gasteiger partial charge in [-0.2, -0.15) is 0 Å². The van der Waals surface area contributed by atoms with Gasteiger partial charge >= 0.3 is 5.97 Å². The van der Waals surface area contributed by atoms with E-state index in [1.807, 2.05) is 84.9 Å². The molecule has 0 fully saturated rings. The first-order chi connectivity index (χ1) is 21.1. The summed E-state index contributed by atoms with van der Waals surface area (Å²) < 4.78 is 36.9. The fourth-order valence-corrected chi connectivity index (χ4v) is 4.96. The first-order valence-corrected chi connectivity index (χ1v) is 13.8. The molecule has 0 saturated heterocycles. The van der Waals surface area contributed by atoms with Gasteiger partial charge in [-0.3, -0.25) is 9.79 Å². The molecule has 42 heavy (non-hydrogen) atoms. The standard InChI is InChI=1S/C35H35NO6/c1-24(37)40-23-30-27(14-15-32(38-2)35(30)42-22-26-12-8-5-9-13-26)18-31-29-20-34(41-21-25-10-6-4-7-11-25)33(39-3)19-28(29)16-17-36-31/h4-15,19-20H,16-18,21-23H2,1-3H3/i3D. The summed E-state index contributed by atoms with van der Waals surface area (Å²) in [5, 5.41) is 0. The molecule has 0 unspecified atom stereocenters. The third-order valence-corrected chi connectivity index (χ3v) is 7.10. The highest BCUT2D eigenvalue weighted by Crippen LogP contribution is 2.38. The van der Waals surface area contributed by atoms with Gasteiger partial charge in [0.05, 0.1) is 15.6 Å². The summed E-state index contributed by atoms with van der Waals surface area (Å²) in [6.07, 6.45) is 1.23. The SMILES string of the molecule is [2H]COc1cc2c(cc1OCc1ccccc1)C(Cc1ccc(OC)c(OCc3ccccc3)c1COC(C)=O)=NCC2. The Bertz CT molecular complexity index is 1570. The Balaban J connectivity index is 1.48. The van der Waals surface area contributed by atoms with Crippen LogP contribution in [0.5, 0.6) is 23.0 Å². The zero-order valence-electron chi connectivity index (χ0n) is 24.9. The Labute approximate surface area is 248 Å². The molecule has 5 rings (SSSR count). The van der Waals surface area contributed by atoms with Gasteiger partial charge in [0.25, 0.3) is 0 Å². The molecule has 216 valence electrons. The summed E-state index contributed by atoms with van der Waals surface area (Å²) in [5.74, 6) is 1.81. The van der Waals surface area contributed by atoms with E-state index in [1.165, 1.54) is 6.92 Å². The molecule has 0 aromatic heterocycles. The number of carbonyl (C=O) groups excluding carboxylic acids is 1. The first kappa shape index (κ1) is 27.4. The van der Waals surface area contributed by atoms with E-state index in [-0.39, 0.29) is 19.7 Å². The molecule has 7 heteroatoms. The molecule has 4 aromatic rings. The van der Waals surface area contributed by atoms with Crippen LogP contribution >= 0.6 is 0 Å². The average Bonchev–Trinajstić information content (AvgIpc) is 3.03. The van der Waals surface area contributed by atoms with Gasteiger partial charge in [-0.15, -0.1) is 0 Å². The van der Waals surface area contributed by atoms with E-state index < -0.39 is 0 Å². The summed E-state index contributed by atoms with van der Waals surface area (Å²) in [7, 11) is 1.38. The van der Waals surface area contributed by atoms with Crippen LogP contribution in [0.25, 0.3) is 0 Å². The van der Waals surface area contributed by atoms with E-state index in [0.29, 0.717) is 49.2 Å². The molecule has 1 aliphatic heterocycles. The highest BCUT2D eigenvalue weighted by atomic mass is 16.5. The van der Waals surface area contributed by atoms with Crippen molar-refractivity contribution in [2.24, 2.45) is 4.99 Å². The average molecular weight is 567 g/mol. The molecule has 0 radical (unpaired) electrons. The van der Waals surface area contributed by atoms with E-state index >= 15 is 0 Å². The van der Waals surface area contributed by atoms with Gasteiger partial charge in [0.1, 0.15) is 19.8 Å². The fraction of sp³-hybridized carbons (Fsp3) is 0.257. The monoisotopic (exact) mass is 566 g/mol. The van der Waals surface area contributed by atoms with Crippen LogP contribution in [-0.2, 0) is 42.2 Å². The second kappa shape index (κ2) is 13.7. The molecular formula is C35H35NO6. The minimum Gasteiger partial charge on any atom is -0.493 e. The number of hydrogen-bond acceptors (Lipinski definition) is 7. The van der Waals surface area contributed by atoms with Crippen molar-refractivity contribution >= 4 is 11.7 Å². The summed E-state index contributed by atoms with van der Waals surface area (Å²) in [6.45, 7) is 2.75. The first-order valence-electron chi connectivity index (χ1n) is 14.5. The van der Waals surface area contributed by atoms with Gasteiger partial charge in [-0.1, -0.05) is 66.7 Å². The minimum atomic E-state index is -0.384. The van der Waals surface area contributed by atoms with Gasteiger partial charge in [0.15, 0.2) is 23.0 Å². The number of rotatable bonds is 12. The Morgan fingerprint density at radius 1 is 0.833 bits per heavy atom. The lowest BCUT2D eigenvalue weighted by molar-refractivity contribution is -0.142. The molecule has 0 amide bonds. The Hall–Kier alpha value is -4.78. The van der Waals surface area contributed by atoms with E-state index in [2.05, 4.69) is 0 Å². The molecular weight excluding hydrogens is 530 g/mol. The smallest absolute Gasteiger partial charge is 0.302 e. The van der Waals surface area contributed by atoms with Crippen molar-refractivity contribution in [1.29, 1.82) is 0 Å². The lowest BCUT2D eigenvalue weighted by Gasteiger charge is -2.23. The number of aliphatic imine (C=N–C) groups is 1. The van der Waals surface area contributed by atoms with E-state index in [0.717, 1.165) is 45.5 Å². The van der Waals surface area contributed by atoms with Crippen LogP contribution in [0.15, 0.2) is 89.9 Å². The van der Waals surface area contributed by atoms with Gasteiger partial charge in [0.2, 0.25) is 0 Å². The van der Waals surface area contributed by atoms with Crippen LogP contribution in [0, 0.1) is 0 Å². The zero-order chi connectivity index (χ0) is 30.0. The molecule has 1 heterocycles. The Morgan fingerprint density at radius 2 is 1.55 bits per heavy atom. The number of esters is 1. The molecule has 0 saturated carbocycles. The maximum atomic E-state index is 11.9. The second-order valence-electron chi connectivity index (χ2n) is 9.92. The lowest BCUT2D eigenvalue weighted by Crippen LogP contribution is -2.17. The number of methoxy groups -OCH3 is 2. The van der Waals surface area contributed by atoms with Crippen LogP contribution in [0.2, 0.25) is 0 Å². The van der Waals surface area contributed by atoms with E-state index in [9.17, 15) is 4.79 Å². The van der Waals surface area contributed by atoms with Crippen LogP contribution < -0.4 is 18.9 Å². The van der Waals surface area contributed by atoms with Crippen LogP contribution in [0.3, 0.4) is 0 Å². The number of carbonyl (C=O) groups is 1. The molecule has 0 bridgehead atoms. The molecule has 0 spiro atoms. The van der Waals surface area contributed by atoms with Crippen LogP contribution in [-0.4, -0.2) is 32.4 Å². The van der Waals surface area contributed by atoms with Gasteiger partial charge in [-0.25, -0.2) is 0 Å². The highest BCUT2D eigenvalue weighted by molar-refractivity contribution is 6.04. The van der Waals surface area contributed by atoms with Crippen molar-refractivity contribution in [1.82, 2.24) is 0 Å². The number of hydrogen-bond donors (Lipinski definition) is 0. The summed E-state index contributed by atoms with van der Waals surface area (Å²) >= 11 is 0. The van der Waals surface area contributed by atoms with Crippen molar-refractivity contribution in [3.63, 3.8) is 0 Å². The molecule has 4 aromatic carbocycles. The summed E-state index contributed by atoms with van der Waals surface area (Å²) in [4.78, 5) is 16.8. The summed E-state index contributed by atoms with van der Waals surface area (Å²) in [5.41, 5.74) is 6.61. The minimum absolute atomic E-state index is 0.0356. The van der Waals surface area contributed by atoms with Crippen LogP contribution in [0.1, 0.15) is 41.7 Å². The maximum absolute atomic E-state index is 11.9. The Morgan fingerprint density at radius 3 is 2.21 bits per heavy atom. The quantitative estimate of drug-likeness (QED) is 0.182.